The van der Waals surface area contributed by atoms with E-state index in [1.807, 2.05) is 0 Å². The van der Waals surface area contributed by atoms with Crippen molar-refractivity contribution in [2.45, 2.75) is 45.7 Å². The van der Waals surface area contributed by atoms with Crippen molar-refractivity contribution in [1.29, 1.82) is 0 Å². The van der Waals surface area contributed by atoms with Gasteiger partial charge in [0.05, 0.1) is 11.0 Å². The highest BCUT2D eigenvalue weighted by Crippen LogP contribution is 2.40. The van der Waals surface area contributed by atoms with Crippen LogP contribution in [0.2, 0.25) is 5.02 Å². The molecule has 0 unspecified atom stereocenters. The Labute approximate surface area is 144 Å². The number of hydrogen-bond donors (Lipinski definition) is 0. The number of carbonyl (C=O) groups excluding carboxylic acids is 1. The normalized spacial score (nSPS) is 17.8. The van der Waals surface area contributed by atoms with Gasteiger partial charge in [-0.1, -0.05) is 11.6 Å². The first-order chi connectivity index (χ1) is 11.0. The van der Waals surface area contributed by atoms with Crippen LogP contribution in [-0.2, 0) is 15.8 Å². The maximum atomic E-state index is 13.2. The second kappa shape index (κ2) is 6.92. The van der Waals surface area contributed by atoms with Crippen LogP contribution in [0.1, 0.15) is 50.7 Å². The summed E-state index contributed by atoms with van der Waals surface area (Å²) >= 11 is 5.89. The van der Waals surface area contributed by atoms with Gasteiger partial charge in [-0.2, -0.15) is 13.2 Å². The van der Waals surface area contributed by atoms with E-state index in [9.17, 15) is 18.0 Å². The van der Waals surface area contributed by atoms with Gasteiger partial charge in [0.2, 0.25) is 0 Å². The Morgan fingerprint density at radius 1 is 1.21 bits per heavy atom. The van der Waals surface area contributed by atoms with Crippen molar-refractivity contribution in [3.8, 4) is 0 Å². The number of rotatable bonds is 2. The minimum atomic E-state index is -4.41. The molecule has 0 amide bonds. The Kier molecular flexibility index (Phi) is 5.50. The maximum Gasteiger partial charge on any atom is 0.416 e. The first kappa shape index (κ1) is 19.1. The molecule has 1 aromatic rings. The number of benzene rings is 1. The second-order valence-electron chi connectivity index (χ2n) is 7.06. The lowest BCUT2D eigenvalue weighted by Gasteiger charge is -2.33. The third-order valence-electron chi connectivity index (χ3n) is 4.04. The van der Waals surface area contributed by atoms with Crippen molar-refractivity contribution in [2.24, 2.45) is 5.41 Å². The Hall–Kier alpha value is -1.27. The predicted molar refractivity (Wildman–Crippen MR) is 85.5 cm³/mol. The van der Waals surface area contributed by atoms with Crippen LogP contribution in [0.15, 0.2) is 18.2 Å². The van der Waals surface area contributed by atoms with E-state index in [4.69, 9.17) is 16.4 Å². The zero-order valence-corrected chi connectivity index (χ0v) is 14.7. The molecule has 0 aromatic heterocycles. The maximum absolute atomic E-state index is 13.2. The highest BCUT2D eigenvalue weighted by Gasteiger charge is 2.36. The Morgan fingerprint density at radius 3 is 2.29 bits per heavy atom. The molecule has 0 spiro atoms. The van der Waals surface area contributed by atoms with Gasteiger partial charge in [0.15, 0.2) is 0 Å². The van der Waals surface area contributed by atoms with Gasteiger partial charge in [0, 0.05) is 18.1 Å². The van der Waals surface area contributed by atoms with E-state index in [-0.39, 0.29) is 17.5 Å². The molecule has 1 saturated heterocycles. The van der Waals surface area contributed by atoms with Crippen molar-refractivity contribution >= 4 is 17.6 Å². The summed E-state index contributed by atoms with van der Waals surface area (Å²) in [5, 5.41) is 1.82. The van der Waals surface area contributed by atoms with Gasteiger partial charge in [0.1, 0.15) is 0 Å². The fourth-order valence-corrected chi connectivity index (χ4v) is 2.82. The largest absolute Gasteiger partial charge is 0.416 e. The zero-order chi connectivity index (χ0) is 18.1. The molecule has 1 fully saturated rings. The van der Waals surface area contributed by atoms with E-state index in [1.54, 1.807) is 20.8 Å². The molecule has 0 aliphatic carbocycles. The van der Waals surface area contributed by atoms with E-state index in [1.165, 1.54) is 17.2 Å². The van der Waals surface area contributed by atoms with Crippen LogP contribution in [0.4, 0.5) is 13.2 Å². The minimum absolute atomic E-state index is 0.219. The lowest BCUT2D eigenvalue weighted by Crippen LogP contribution is -2.38. The zero-order valence-electron chi connectivity index (χ0n) is 13.9. The molecular formula is C17H21ClF3NO2. The first-order valence-electron chi connectivity index (χ1n) is 7.82. The number of halogens is 4. The molecule has 134 valence electrons. The summed E-state index contributed by atoms with van der Waals surface area (Å²) in [6.07, 6.45) is -3.46. The smallest absolute Gasteiger partial charge is 0.367 e. The van der Waals surface area contributed by atoms with Gasteiger partial charge in [-0.25, -0.2) is 4.79 Å². The lowest BCUT2D eigenvalue weighted by atomic mass is 9.87. The van der Waals surface area contributed by atoms with Crippen molar-refractivity contribution in [2.75, 3.05) is 13.1 Å². The molecule has 0 radical (unpaired) electrons. The molecule has 7 heteroatoms. The van der Waals surface area contributed by atoms with Crippen molar-refractivity contribution in [3.05, 3.63) is 34.3 Å². The number of piperidine rings is 1. The fourth-order valence-electron chi connectivity index (χ4n) is 2.64. The van der Waals surface area contributed by atoms with Gasteiger partial charge in [-0.05, 0) is 63.3 Å². The molecule has 3 nitrogen and oxygen atoms in total. The van der Waals surface area contributed by atoms with Gasteiger partial charge < -0.3 is 4.84 Å². The third-order valence-corrected chi connectivity index (χ3v) is 4.27. The highest BCUT2D eigenvalue weighted by molar-refractivity contribution is 6.30. The molecule has 1 aliphatic rings. The predicted octanol–water partition coefficient (Wildman–Crippen LogP) is 5.04. The average molecular weight is 364 g/mol. The molecule has 0 bridgehead atoms. The molecule has 1 aromatic carbocycles. The van der Waals surface area contributed by atoms with Crippen LogP contribution in [0, 0.1) is 5.41 Å². The summed E-state index contributed by atoms with van der Waals surface area (Å²) in [6.45, 7) is 6.06. The number of hydroxylamine groups is 2. The molecule has 2 rings (SSSR count). The fraction of sp³-hybridized carbons (Fsp3) is 0.588. The molecule has 1 aliphatic heterocycles. The molecular weight excluding hydrogens is 343 g/mol. The van der Waals surface area contributed by atoms with Crippen LogP contribution >= 0.6 is 11.6 Å². The number of alkyl halides is 3. The SMILES string of the molecule is CC(C)(C)C(=O)ON1CCC(c2cc(Cl)ccc2C(F)(F)F)CC1. The van der Waals surface area contributed by atoms with E-state index < -0.39 is 17.2 Å². The first-order valence-corrected chi connectivity index (χ1v) is 8.20. The minimum Gasteiger partial charge on any atom is -0.367 e. The molecule has 0 N–H and O–H groups in total. The van der Waals surface area contributed by atoms with Gasteiger partial charge in [0.25, 0.3) is 0 Å². The summed E-state index contributed by atoms with van der Waals surface area (Å²) in [5.41, 5.74) is -1.04. The summed E-state index contributed by atoms with van der Waals surface area (Å²) in [4.78, 5) is 17.2. The highest BCUT2D eigenvalue weighted by atomic mass is 35.5. The third kappa shape index (κ3) is 4.63. The van der Waals surface area contributed by atoms with Crippen molar-refractivity contribution < 1.29 is 22.8 Å². The van der Waals surface area contributed by atoms with Crippen LogP contribution < -0.4 is 0 Å². The monoisotopic (exact) mass is 363 g/mol. The Morgan fingerprint density at radius 2 is 1.79 bits per heavy atom. The second-order valence-corrected chi connectivity index (χ2v) is 7.50. The van der Waals surface area contributed by atoms with E-state index in [2.05, 4.69) is 0 Å². The number of hydrogen-bond acceptors (Lipinski definition) is 3. The molecule has 0 atom stereocenters. The van der Waals surface area contributed by atoms with Crippen LogP contribution in [0.5, 0.6) is 0 Å². The molecule has 1 heterocycles. The van der Waals surface area contributed by atoms with Crippen LogP contribution in [0.3, 0.4) is 0 Å². The van der Waals surface area contributed by atoms with Crippen molar-refractivity contribution in [1.82, 2.24) is 5.06 Å². The van der Waals surface area contributed by atoms with Gasteiger partial charge in [-0.3, -0.25) is 0 Å². The van der Waals surface area contributed by atoms with E-state index >= 15 is 0 Å². The standard InChI is InChI=1S/C17H21ClF3NO2/c1-16(2,3)15(23)24-22-8-6-11(7-9-22)13-10-12(18)4-5-14(13)17(19,20)21/h4-5,10-11H,6-9H2,1-3H3. The lowest BCUT2D eigenvalue weighted by molar-refractivity contribution is -0.204. The quantitative estimate of drug-likeness (QED) is 0.737. The van der Waals surface area contributed by atoms with Gasteiger partial charge >= 0.3 is 12.1 Å². The molecule has 24 heavy (non-hydrogen) atoms. The van der Waals surface area contributed by atoms with Crippen LogP contribution in [-0.4, -0.2) is 24.1 Å². The van der Waals surface area contributed by atoms with Gasteiger partial charge in [-0.15, -0.1) is 5.06 Å². The van der Waals surface area contributed by atoms with E-state index in [0.717, 1.165) is 6.07 Å². The van der Waals surface area contributed by atoms with E-state index in [0.29, 0.717) is 31.0 Å². The molecule has 0 saturated carbocycles. The number of nitrogens with zero attached hydrogens (tertiary/aromatic N) is 1. The Bertz CT molecular complexity index is 603. The summed E-state index contributed by atoms with van der Waals surface area (Å²) in [5.74, 6) is -0.607. The summed E-state index contributed by atoms with van der Waals surface area (Å²) in [7, 11) is 0. The summed E-state index contributed by atoms with van der Waals surface area (Å²) in [6, 6.07) is 3.68. The van der Waals surface area contributed by atoms with Crippen LogP contribution in [0.25, 0.3) is 0 Å². The Balaban J connectivity index is 2.08. The summed E-state index contributed by atoms with van der Waals surface area (Å²) < 4.78 is 39.6. The number of carbonyl (C=O) groups is 1. The topological polar surface area (TPSA) is 29.5 Å². The average Bonchev–Trinajstić information content (AvgIpc) is 2.45. The van der Waals surface area contributed by atoms with Crippen molar-refractivity contribution in [3.63, 3.8) is 0 Å².